The Labute approximate surface area is 159 Å². The van der Waals surface area contributed by atoms with Crippen LogP contribution in [0.5, 0.6) is 0 Å². The van der Waals surface area contributed by atoms with Gasteiger partial charge in [-0.15, -0.1) is 11.8 Å². The molecule has 0 atom stereocenters. The van der Waals surface area contributed by atoms with Crippen LogP contribution in [0.25, 0.3) is 0 Å². The second-order valence-corrected chi connectivity index (χ2v) is 7.34. The number of benzene rings is 1. The predicted molar refractivity (Wildman–Crippen MR) is 108 cm³/mol. The van der Waals surface area contributed by atoms with Gasteiger partial charge < -0.3 is 10.6 Å². The molecule has 2 aromatic rings. The first kappa shape index (κ1) is 19.7. The molecule has 0 aliphatic carbocycles. The molecule has 0 unspecified atom stereocenters. The summed E-state index contributed by atoms with van der Waals surface area (Å²) >= 11 is 7.69. The van der Waals surface area contributed by atoms with Gasteiger partial charge in [0.25, 0.3) is 0 Å². The van der Waals surface area contributed by atoms with E-state index in [0.29, 0.717) is 0 Å². The lowest BCUT2D eigenvalue weighted by Crippen LogP contribution is -2.39. The van der Waals surface area contributed by atoms with Crippen molar-refractivity contribution in [1.29, 1.82) is 0 Å². The van der Waals surface area contributed by atoms with Crippen molar-refractivity contribution in [2.24, 2.45) is 4.99 Å². The topological polar surface area (TPSA) is 54.2 Å². The summed E-state index contributed by atoms with van der Waals surface area (Å²) in [6.45, 7) is 6.74. The molecular weight excluding hydrogens is 354 g/mol. The molecule has 0 fully saturated rings. The molecule has 5 nitrogen and oxygen atoms in total. The van der Waals surface area contributed by atoms with Gasteiger partial charge in [0.05, 0.1) is 5.69 Å². The van der Waals surface area contributed by atoms with E-state index in [1.54, 1.807) is 18.8 Å². The summed E-state index contributed by atoms with van der Waals surface area (Å²) in [5.41, 5.74) is 2.28. The first-order valence-electron chi connectivity index (χ1n) is 8.42. The third-order valence-corrected chi connectivity index (χ3v) is 4.91. The monoisotopic (exact) mass is 379 g/mol. The average molecular weight is 380 g/mol. The maximum atomic E-state index is 5.89. The summed E-state index contributed by atoms with van der Waals surface area (Å²) in [6.07, 6.45) is 1.00. The van der Waals surface area contributed by atoms with Gasteiger partial charge in [-0.25, -0.2) is 0 Å². The zero-order valence-electron chi connectivity index (χ0n) is 15.1. The molecule has 0 aliphatic heterocycles. The minimum Gasteiger partial charge on any atom is -0.356 e. The maximum absolute atomic E-state index is 5.89. The molecule has 25 heavy (non-hydrogen) atoms. The molecular formula is C18H26ClN5S. The second-order valence-electron chi connectivity index (χ2n) is 5.73. The Balaban J connectivity index is 1.60. The number of nitrogens with zero attached hydrogens (tertiary/aromatic N) is 3. The highest BCUT2D eigenvalue weighted by atomic mass is 35.5. The number of hydrogen-bond acceptors (Lipinski definition) is 3. The molecule has 0 saturated carbocycles. The van der Waals surface area contributed by atoms with Gasteiger partial charge in [0.2, 0.25) is 0 Å². The van der Waals surface area contributed by atoms with E-state index in [9.17, 15) is 0 Å². The fourth-order valence-electron chi connectivity index (χ4n) is 2.43. The van der Waals surface area contributed by atoms with Crippen LogP contribution in [0.3, 0.4) is 0 Å². The molecule has 0 aliphatic rings. The van der Waals surface area contributed by atoms with Gasteiger partial charge in [-0.05, 0) is 50.6 Å². The first-order valence-corrected chi connectivity index (χ1v) is 9.79. The number of halogens is 1. The molecule has 0 spiro atoms. The van der Waals surface area contributed by atoms with Gasteiger partial charge >= 0.3 is 0 Å². The SMILES string of the molecule is CN=C(NCCCn1nc(C)cc1C)NCCSc1ccc(Cl)cc1. The molecule has 1 aromatic carbocycles. The number of aliphatic imine (C=N–C) groups is 1. The number of aryl methyl sites for hydroxylation is 3. The molecule has 1 heterocycles. The van der Waals surface area contributed by atoms with Gasteiger partial charge in [-0.3, -0.25) is 9.67 Å². The van der Waals surface area contributed by atoms with E-state index in [0.717, 1.165) is 48.5 Å². The van der Waals surface area contributed by atoms with Crippen LogP contribution in [0.1, 0.15) is 17.8 Å². The van der Waals surface area contributed by atoms with Crippen LogP contribution in [-0.2, 0) is 6.54 Å². The van der Waals surface area contributed by atoms with Crippen molar-refractivity contribution in [3.05, 3.63) is 46.7 Å². The van der Waals surface area contributed by atoms with E-state index in [-0.39, 0.29) is 0 Å². The molecule has 1 aromatic heterocycles. The number of thioether (sulfide) groups is 1. The zero-order valence-corrected chi connectivity index (χ0v) is 16.6. The third kappa shape index (κ3) is 7.00. The highest BCUT2D eigenvalue weighted by Crippen LogP contribution is 2.19. The first-order chi connectivity index (χ1) is 12.1. The lowest BCUT2D eigenvalue weighted by atomic mass is 10.4. The number of aromatic nitrogens is 2. The molecule has 0 amide bonds. The van der Waals surface area contributed by atoms with Crippen LogP contribution < -0.4 is 10.6 Å². The molecule has 0 saturated heterocycles. The Morgan fingerprint density at radius 3 is 2.56 bits per heavy atom. The van der Waals surface area contributed by atoms with Crippen LogP contribution in [-0.4, -0.2) is 41.6 Å². The van der Waals surface area contributed by atoms with Crippen molar-refractivity contribution in [3.63, 3.8) is 0 Å². The Hall–Kier alpha value is -1.66. The molecule has 0 bridgehead atoms. The Bertz CT molecular complexity index is 681. The average Bonchev–Trinajstić information content (AvgIpc) is 2.92. The standard InChI is InChI=1S/C18H26ClN5S/c1-14-13-15(2)24(23-14)11-4-9-21-18(20-3)22-10-12-25-17-7-5-16(19)6-8-17/h5-8,13H,4,9-12H2,1-3H3,(H2,20,21,22). The summed E-state index contributed by atoms with van der Waals surface area (Å²) in [6, 6.07) is 10.0. The fourth-order valence-corrected chi connectivity index (χ4v) is 3.32. The van der Waals surface area contributed by atoms with Gasteiger partial charge in [0.15, 0.2) is 5.96 Å². The van der Waals surface area contributed by atoms with Crippen molar-refractivity contribution in [1.82, 2.24) is 20.4 Å². The maximum Gasteiger partial charge on any atom is 0.191 e. The van der Waals surface area contributed by atoms with E-state index in [1.165, 1.54) is 10.6 Å². The van der Waals surface area contributed by atoms with Crippen LogP contribution in [0, 0.1) is 13.8 Å². The largest absolute Gasteiger partial charge is 0.356 e. The summed E-state index contributed by atoms with van der Waals surface area (Å²) in [5.74, 6) is 1.80. The van der Waals surface area contributed by atoms with Crippen LogP contribution >= 0.6 is 23.4 Å². The summed E-state index contributed by atoms with van der Waals surface area (Å²) in [4.78, 5) is 5.48. The van der Waals surface area contributed by atoms with Crippen LogP contribution in [0.15, 0.2) is 40.2 Å². The summed E-state index contributed by atoms with van der Waals surface area (Å²) in [5, 5.41) is 11.9. The number of guanidine groups is 1. The Morgan fingerprint density at radius 2 is 1.92 bits per heavy atom. The smallest absolute Gasteiger partial charge is 0.191 e. The van der Waals surface area contributed by atoms with Gasteiger partial charge in [-0.2, -0.15) is 5.10 Å². The fraction of sp³-hybridized carbons (Fsp3) is 0.444. The lowest BCUT2D eigenvalue weighted by molar-refractivity contribution is 0.555. The lowest BCUT2D eigenvalue weighted by Gasteiger charge is -2.12. The van der Waals surface area contributed by atoms with Crippen molar-refractivity contribution in [3.8, 4) is 0 Å². The number of rotatable bonds is 8. The predicted octanol–water partition coefficient (Wildman–Crippen LogP) is 3.50. The van der Waals surface area contributed by atoms with Crippen molar-refractivity contribution < 1.29 is 0 Å². The molecule has 7 heteroatoms. The van der Waals surface area contributed by atoms with Gasteiger partial charge in [0, 0.05) is 48.0 Å². The van der Waals surface area contributed by atoms with E-state index in [2.05, 4.69) is 38.4 Å². The van der Waals surface area contributed by atoms with E-state index in [1.807, 2.05) is 31.2 Å². The summed E-state index contributed by atoms with van der Waals surface area (Å²) < 4.78 is 2.05. The highest BCUT2D eigenvalue weighted by Gasteiger charge is 2.01. The van der Waals surface area contributed by atoms with Crippen LogP contribution in [0.2, 0.25) is 5.02 Å². The molecule has 0 radical (unpaired) electrons. The van der Waals surface area contributed by atoms with Gasteiger partial charge in [-0.1, -0.05) is 11.6 Å². The number of nitrogens with one attached hydrogen (secondary N) is 2. The van der Waals surface area contributed by atoms with Crippen molar-refractivity contribution in [2.45, 2.75) is 31.7 Å². The van der Waals surface area contributed by atoms with E-state index >= 15 is 0 Å². The minimum absolute atomic E-state index is 0.771. The Kier molecular flexibility index (Phi) is 8.15. The quantitative estimate of drug-likeness (QED) is 0.319. The third-order valence-electron chi connectivity index (χ3n) is 3.64. The van der Waals surface area contributed by atoms with Gasteiger partial charge in [0.1, 0.15) is 0 Å². The second kappa shape index (κ2) is 10.4. The normalized spacial score (nSPS) is 11.6. The van der Waals surface area contributed by atoms with E-state index in [4.69, 9.17) is 11.6 Å². The minimum atomic E-state index is 0.771. The van der Waals surface area contributed by atoms with Crippen molar-refractivity contribution in [2.75, 3.05) is 25.9 Å². The molecule has 136 valence electrons. The number of hydrogen-bond donors (Lipinski definition) is 2. The molecule has 2 N–H and O–H groups in total. The molecule has 2 rings (SSSR count). The zero-order chi connectivity index (χ0) is 18.1. The highest BCUT2D eigenvalue weighted by molar-refractivity contribution is 7.99. The van der Waals surface area contributed by atoms with Crippen molar-refractivity contribution >= 4 is 29.3 Å². The summed E-state index contributed by atoms with van der Waals surface area (Å²) in [7, 11) is 1.79. The van der Waals surface area contributed by atoms with Crippen LogP contribution in [0.4, 0.5) is 0 Å². The van der Waals surface area contributed by atoms with E-state index < -0.39 is 0 Å². The Morgan fingerprint density at radius 1 is 1.20 bits per heavy atom.